The predicted octanol–water partition coefficient (Wildman–Crippen LogP) is 1.63. The van der Waals surface area contributed by atoms with Gasteiger partial charge in [0.25, 0.3) is 0 Å². The molecule has 0 spiro atoms. The van der Waals surface area contributed by atoms with Crippen LogP contribution in [0.25, 0.3) is 0 Å². The van der Waals surface area contributed by atoms with Crippen LogP contribution in [-0.4, -0.2) is 50.3 Å². The van der Waals surface area contributed by atoms with Crippen LogP contribution >= 0.6 is 12.2 Å². The molecule has 0 amide bonds. The molecule has 0 heterocycles. The standard InChI is InChI=1S/C14H21N3O2S/c1-10-11(13(18)19-4)6-5-7-12(10)16-14(20)15-8-9-17(2)3/h5-7H,8-9H2,1-4H3,(H2,15,16,20). The van der Waals surface area contributed by atoms with Crippen molar-refractivity contribution in [1.82, 2.24) is 10.2 Å². The number of nitrogens with one attached hydrogen (secondary N) is 2. The molecule has 2 N–H and O–H groups in total. The molecule has 0 fully saturated rings. The van der Waals surface area contributed by atoms with Gasteiger partial charge in [-0.1, -0.05) is 6.07 Å². The Morgan fingerprint density at radius 2 is 2.10 bits per heavy atom. The first kappa shape index (κ1) is 16.4. The predicted molar refractivity (Wildman–Crippen MR) is 85.3 cm³/mol. The molecule has 5 nitrogen and oxygen atoms in total. The van der Waals surface area contributed by atoms with Gasteiger partial charge >= 0.3 is 5.97 Å². The lowest BCUT2D eigenvalue weighted by atomic mass is 10.1. The summed E-state index contributed by atoms with van der Waals surface area (Å²) >= 11 is 5.23. The largest absolute Gasteiger partial charge is 0.465 e. The van der Waals surface area contributed by atoms with Crippen LogP contribution in [0.4, 0.5) is 5.69 Å². The molecule has 0 unspecified atom stereocenters. The highest BCUT2D eigenvalue weighted by atomic mass is 32.1. The highest BCUT2D eigenvalue weighted by molar-refractivity contribution is 7.80. The summed E-state index contributed by atoms with van der Waals surface area (Å²) in [7, 11) is 5.37. The third kappa shape index (κ3) is 4.79. The van der Waals surface area contributed by atoms with Crippen LogP contribution in [0.15, 0.2) is 18.2 Å². The molecule has 0 bridgehead atoms. The summed E-state index contributed by atoms with van der Waals surface area (Å²) in [6, 6.07) is 5.40. The van der Waals surface area contributed by atoms with E-state index in [2.05, 4.69) is 15.5 Å². The van der Waals surface area contributed by atoms with Gasteiger partial charge in [0.2, 0.25) is 0 Å². The normalized spacial score (nSPS) is 10.2. The van der Waals surface area contributed by atoms with Crippen molar-refractivity contribution in [2.24, 2.45) is 0 Å². The zero-order valence-corrected chi connectivity index (χ0v) is 13.1. The minimum absolute atomic E-state index is 0.349. The molecule has 0 aliphatic carbocycles. The summed E-state index contributed by atoms with van der Waals surface area (Å²) in [5, 5.41) is 6.75. The van der Waals surface area contributed by atoms with E-state index in [1.165, 1.54) is 7.11 Å². The van der Waals surface area contributed by atoms with Gasteiger partial charge in [-0.25, -0.2) is 4.79 Å². The van der Waals surface area contributed by atoms with E-state index in [0.717, 1.165) is 24.3 Å². The monoisotopic (exact) mass is 295 g/mol. The number of methoxy groups -OCH3 is 1. The minimum Gasteiger partial charge on any atom is -0.465 e. The van der Waals surface area contributed by atoms with Crippen LogP contribution in [0.5, 0.6) is 0 Å². The van der Waals surface area contributed by atoms with Gasteiger partial charge in [0.05, 0.1) is 12.7 Å². The highest BCUT2D eigenvalue weighted by Crippen LogP contribution is 2.19. The number of ether oxygens (including phenoxy) is 1. The Kier molecular flexibility index (Phi) is 6.41. The van der Waals surface area contributed by atoms with Gasteiger partial charge in [-0.15, -0.1) is 0 Å². The van der Waals surface area contributed by atoms with Crippen molar-refractivity contribution in [3.8, 4) is 0 Å². The summed E-state index contributed by atoms with van der Waals surface area (Å²) in [6.45, 7) is 3.51. The number of carbonyl (C=O) groups excluding carboxylic acids is 1. The van der Waals surface area contributed by atoms with E-state index in [1.54, 1.807) is 12.1 Å². The summed E-state index contributed by atoms with van der Waals surface area (Å²) < 4.78 is 4.75. The van der Waals surface area contributed by atoms with E-state index in [0.29, 0.717) is 10.7 Å². The van der Waals surface area contributed by atoms with Gasteiger partial charge < -0.3 is 20.3 Å². The molecular formula is C14H21N3O2S. The van der Waals surface area contributed by atoms with Crippen molar-refractivity contribution in [2.45, 2.75) is 6.92 Å². The lowest BCUT2D eigenvalue weighted by Crippen LogP contribution is -2.34. The number of hydrogen-bond acceptors (Lipinski definition) is 4. The fourth-order valence-corrected chi connectivity index (χ4v) is 1.87. The molecule has 0 aromatic heterocycles. The smallest absolute Gasteiger partial charge is 0.338 e. The highest BCUT2D eigenvalue weighted by Gasteiger charge is 2.12. The quantitative estimate of drug-likeness (QED) is 0.636. The average molecular weight is 295 g/mol. The maximum Gasteiger partial charge on any atom is 0.338 e. The number of anilines is 1. The molecule has 0 radical (unpaired) electrons. The molecular weight excluding hydrogens is 274 g/mol. The third-order valence-electron chi connectivity index (χ3n) is 2.83. The molecule has 0 aliphatic heterocycles. The van der Waals surface area contributed by atoms with Crippen LogP contribution in [0.3, 0.4) is 0 Å². The average Bonchev–Trinajstić information content (AvgIpc) is 2.40. The summed E-state index contributed by atoms with van der Waals surface area (Å²) in [4.78, 5) is 13.7. The second-order valence-corrected chi connectivity index (χ2v) is 5.06. The molecule has 110 valence electrons. The van der Waals surface area contributed by atoms with E-state index >= 15 is 0 Å². The molecule has 0 saturated heterocycles. The van der Waals surface area contributed by atoms with Crippen molar-refractivity contribution < 1.29 is 9.53 Å². The third-order valence-corrected chi connectivity index (χ3v) is 3.08. The van der Waals surface area contributed by atoms with Gasteiger partial charge in [-0.2, -0.15) is 0 Å². The number of carbonyl (C=O) groups is 1. The Hall–Kier alpha value is -1.66. The van der Waals surface area contributed by atoms with E-state index in [4.69, 9.17) is 17.0 Å². The number of rotatable bonds is 5. The second kappa shape index (κ2) is 7.81. The molecule has 0 atom stereocenters. The fourth-order valence-electron chi connectivity index (χ4n) is 1.66. The molecule has 6 heteroatoms. The SMILES string of the molecule is COC(=O)c1cccc(NC(=S)NCCN(C)C)c1C. The first-order valence-corrected chi connectivity index (χ1v) is 6.74. The van der Waals surface area contributed by atoms with Crippen LogP contribution in [0.1, 0.15) is 15.9 Å². The van der Waals surface area contributed by atoms with Crippen LogP contribution in [0.2, 0.25) is 0 Å². The number of thiocarbonyl (C=S) groups is 1. The lowest BCUT2D eigenvalue weighted by Gasteiger charge is -2.15. The Balaban J connectivity index is 2.68. The molecule has 1 rings (SSSR count). The lowest BCUT2D eigenvalue weighted by molar-refractivity contribution is 0.0600. The minimum atomic E-state index is -0.349. The Bertz CT molecular complexity index is 489. The van der Waals surface area contributed by atoms with E-state index in [1.807, 2.05) is 27.1 Å². The van der Waals surface area contributed by atoms with Gasteiger partial charge in [0.1, 0.15) is 0 Å². The topological polar surface area (TPSA) is 53.6 Å². The number of nitrogens with zero attached hydrogens (tertiary/aromatic N) is 1. The fraction of sp³-hybridized carbons (Fsp3) is 0.429. The molecule has 1 aromatic rings. The summed E-state index contributed by atoms with van der Waals surface area (Å²) in [6.07, 6.45) is 0. The number of esters is 1. The van der Waals surface area contributed by atoms with Crippen LogP contribution in [0, 0.1) is 6.92 Å². The van der Waals surface area contributed by atoms with Crippen molar-refractivity contribution in [2.75, 3.05) is 39.6 Å². The summed E-state index contributed by atoms with van der Waals surface area (Å²) in [5.74, 6) is -0.349. The van der Waals surface area contributed by atoms with Crippen molar-refractivity contribution in [1.29, 1.82) is 0 Å². The zero-order valence-electron chi connectivity index (χ0n) is 12.3. The first-order valence-electron chi connectivity index (χ1n) is 6.33. The zero-order chi connectivity index (χ0) is 15.1. The Morgan fingerprint density at radius 3 is 2.70 bits per heavy atom. The Morgan fingerprint density at radius 1 is 1.40 bits per heavy atom. The maximum atomic E-state index is 11.6. The van der Waals surface area contributed by atoms with Crippen LogP contribution in [-0.2, 0) is 4.74 Å². The number of likely N-dealkylation sites (N-methyl/N-ethyl adjacent to an activating group) is 1. The summed E-state index contributed by atoms with van der Waals surface area (Å²) in [5.41, 5.74) is 2.15. The van der Waals surface area contributed by atoms with E-state index < -0.39 is 0 Å². The maximum absolute atomic E-state index is 11.6. The van der Waals surface area contributed by atoms with Gasteiger partial charge in [0.15, 0.2) is 5.11 Å². The van der Waals surface area contributed by atoms with Gasteiger partial charge in [-0.3, -0.25) is 0 Å². The Labute approximate surface area is 125 Å². The van der Waals surface area contributed by atoms with Crippen molar-refractivity contribution in [3.05, 3.63) is 29.3 Å². The van der Waals surface area contributed by atoms with Crippen LogP contribution < -0.4 is 10.6 Å². The van der Waals surface area contributed by atoms with Gasteiger partial charge in [0, 0.05) is 18.8 Å². The van der Waals surface area contributed by atoms with E-state index in [-0.39, 0.29) is 5.97 Å². The molecule has 0 saturated carbocycles. The molecule has 0 aliphatic rings. The number of hydrogen-bond donors (Lipinski definition) is 2. The second-order valence-electron chi connectivity index (χ2n) is 4.65. The number of benzene rings is 1. The van der Waals surface area contributed by atoms with Crippen molar-refractivity contribution >= 4 is 29.0 Å². The first-order chi connectivity index (χ1) is 9.45. The molecule has 1 aromatic carbocycles. The molecule has 20 heavy (non-hydrogen) atoms. The van der Waals surface area contributed by atoms with Crippen molar-refractivity contribution in [3.63, 3.8) is 0 Å². The van der Waals surface area contributed by atoms with Gasteiger partial charge in [-0.05, 0) is 50.9 Å². The van der Waals surface area contributed by atoms with E-state index in [9.17, 15) is 4.79 Å².